The highest BCUT2D eigenvalue weighted by atomic mass is 16.7. The molecule has 156 valence electrons. The summed E-state index contributed by atoms with van der Waals surface area (Å²) in [4.78, 5) is 29.7. The zero-order valence-corrected chi connectivity index (χ0v) is 16.8. The Balaban J connectivity index is 1.37. The van der Waals surface area contributed by atoms with Crippen LogP contribution in [0.15, 0.2) is 57.9 Å². The highest BCUT2D eigenvalue weighted by molar-refractivity contribution is 5.93. The van der Waals surface area contributed by atoms with Crippen molar-refractivity contribution in [3.8, 4) is 11.5 Å². The summed E-state index contributed by atoms with van der Waals surface area (Å²) in [7, 11) is 1.94. The van der Waals surface area contributed by atoms with E-state index in [-0.39, 0.29) is 24.9 Å². The molecule has 0 spiro atoms. The lowest BCUT2D eigenvalue weighted by molar-refractivity contribution is 0.0949. The monoisotopic (exact) mass is 409 g/mol. The van der Waals surface area contributed by atoms with E-state index in [9.17, 15) is 9.59 Å². The molecule has 0 aliphatic carbocycles. The number of aromatic nitrogens is 1. The van der Waals surface area contributed by atoms with Crippen molar-refractivity contribution < 1.29 is 18.7 Å². The number of benzene rings is 1. The molecule has 1 unspecified atom stereocenters. The Bertz CT molecular complexity index is 1090. The number of fused-ring (bicyclic) bond motifs is 1. The van der Waals surface area contributed by atoms with Crippen molar-refractivity contribution in [2.75, 3.05) is 13.8 Å². The second-order valence-corrected chi connectivity index (χ2v) is 7.20. The van der Waals surface area contributed by atoms with Crippen LogP contribution in [0.25, 0.3) is 0 Å². The Kier molecular flexibility index (Phi) is 5.58. The van der Waals surface area contributed by atoms with Gasteiger partial charge in [0.15, 0.2) is 11.5 Å². The summed E-state index contributed by atoms with van der Waals surface area (Å²) in [5, 5.41) is 2.77. The van der Waals surface area contributed by atoms with Gasteiger partial charge in [-0.25, -0.2) is 0 Å². The first-order valence-corrected chi connectivity index (χ1v) is 9.64. The number of carbonyl (C=O) groups excluding carboxylic acids is 1. The van der Waals surface area contributed by atoms with Crippen molar-refractivity contribution in [3.05, 3.63) is 81.7 Å². The molecule has 1 atom stereocenters. The molecule has 30 heavy (non-hydrogen) atoms. The molecule has 1 aliphatic rings. The van der Waals surface area contributed by atoms with E-state index < -0.39 is 11.5 Å². The van der Waals surface area contributed by atoms with Gasteiger partial charge in [-0.3, -0.25) is 14.5 Å². The number of carbonyl (C=O) groups is 1. The van der Waals surface area contributed by atoms with Gasteiger partial charge in [0.25, 0.3) is 11.5 Å². The van der Waals surface area contributed by atoms with Crippen LogP contribution in [0.4, 0.5) is 0 Å². The van der Waals surface area contributed by atoms with Crippen LogP contribution < -0.4 is 20.3 Å². The molecule has 4 rings (SSSR count). The average molecular weight is 409 g/mol. The van der Waals surface area contributed by atoms with Crippen molar-refractivity contribution >= 4 is 5.91 Å². The maximum Gasteiger partial charge on any atom is 0.261 e. The van der Waals surface area contributed by atoms with Gasteiger partial charge in [0.2, 0.25) is 6.79 Å². The second kappa shape index (κ2) is 8.46. The number of ether oxygens (including phenoxy) is 2. The Labute approximate surface area is 173 Å². The molecule has 3 aromatic rings. The summed E-state index contributed by atoms with van der Waals surface area (Å²) in [6.45, 7) is 3.01. The minimum absolute atomic E-state index is 0.0492. The van der Waals surface area contributed by atoms with E-state index in [0.29, 0.717) is 23.7 Å². The Hall–Kier alpha value is -3.52. The van der Waals surface area contributed by atoms with Crippen molar-refractivity contribution in [2.24, 2.45) is 0 Å². The van der Waals surface area contributed by atoms with Crippen LogP contribution in [0, 0.1) is 0 Å². The fraction of sp³-hybridized carbons (Fsp3) is 0.273. The summed E-state index contributed by atoms with van der Waals surface area (Å²) in [5.41, 5.74) is 1.22. The van der Waals surface area contributed by atoms with Crippen LogP contribution in [-0.2, 0) is 13.1 Å². The molecule has 0 bridgehead atoms. The van der Waals surface area contributed by atoms with E-state index in [2.05, 4.69) is 10.3 Å². The summed E-state index contributed by atoms with van der Waals surface area (Å²) in [6.07, 6.45) is 1.64. The number of nitrogens with one attached hydrogen (secondary N) is 2. The van der Waals surface area contributed by atoms with Gasteiger partial charge in [0.1, 0.15) is 11.3 Å². The van der Waals surface area contributed by atoms with Crippen molar-refractivity contribution in [3.63, 3.8) is 0 Å². The Morgan fingerprint density at radius 3 is 2.80 bits per heavy atom. The first-order chi connectivity index (χ1) is 14.5. The van der Waals surface area contributed by atoms with Gasteiger partial charge in [-0.15, -0.1) is 0 Å². The fourth-order valence-corrected chi connectivity index (χ4v) is 3.27. The van der Waals surface area contributed by atoms with E-state index in [1.54, 1.807) is 24.5 Å². The molecule has 2 N–H and O–H groups in total. The van der Waals surface area contributed by atoms with Gasteiger partial charge in [-0.05, 0) is 55.9 Å². The molecule has 3 heterocycles. The number of aromatic amines is 1. The molecule has 1 amide bonds. The zero-order valence-electron chi connectivity index (χ0n) is 16.8. The molecular formula is C22H23N3O5. The standard InChI is InChI=1S/C22H23N3O5/c1-14(18-4-3-9-28-18)25(2)12-16-6-7-17(22(27)24-16)21(26)23-11-15-5-8-19-20(10-15)30-13-29-19/h3-10,14H,11-13H2,1-2H3,(H,23,26)(H,24,27). The molecular weight excluding hydrogens is 386 g/mol. The number of nitrogens with zero attached hydrogens (tertiary/aromatic N) is 1. The maximum atomic E-state index is 12.5. The summed E-state index contributed by atoms with van der Waals surface area (Å²) < 4.78 is 16.0. The molecule has 8 nitrogen and oxygen atoms in total. The number of rotatable bonds is 7. The highest BCUT2D eigenvalue weighted by Gasteiger charge is 2.17. The van der Waals surface area contributed by atoms with Crippen LogP contribution in [0.1, 0.15) is 40.3 Å². The third-order valence-corrected chi connectivity index (χ3v) is 5.14. The molecule has 0 saturated heterocycles. The van der Waals surface area contributed by atoms with Gasteiger partial charge < -0.3 is 24.2 Å². The van der Waals surface area contributed by atoms with E-state index in [0.717, 1.165) is 11.3 Å². The molecule has 0 radical (unpaired) electrons. The average Bonchev–Trinajstić information content (AvgIpc) is 3.43. The minimum atomic E-state index is -0.433. The smallest absolute Gasteiger partial charge is 0.261 e. The molecule has 0 saturated carbocycles. The van der Waals surface area contributed by atoms with E-state index in [4.69, 9.17) is 13.9 Å². The normalized spacial score (nSPS) is 13.4. The second-order valence-electron chi connectivity index (χ2n) is 7.20. The minimum Gasteiger partial charge on any atom is -0.468 e. The lowest BCUT2D eigenvalue weighted by Gasteiger charge is -2.22. The number of hydrogen-bond donors (Lipinski definition) is 2. The summed E-state index contributed by atoms with van der Waals surface area (Å²) >= 11 is 0. The SMILES string of the molecule is CC(c1ccco1)N(C)Cc1ccc(C(=O)NCc2ccc3c(c2)OCO3)c(=O)[nH]1. The van der Waals surface area contributed by atoms with Gasteiger partial charge in [-0.2, -0.15) is 0 Å². The first kappa shape index (κ1) is 19.8. The Morgan fingerprint density at radius 1 is 1.20 bits per heavy atom. The quantitative estimate of drug-likeness (QED) is 0.623. The van der Waals surface area contributed by atoms with Crippen molar-refractivity contribution in [1.82, 2.24) is 15.2 Å². The molecule has 1 aromatic carbocycles. The van der Waals surface area contributed by atoms with E-state index in [1.165, 1.54) is 0 Å². The van der Waals surface area contributed by atoms with E-state index >= 15 is 0 Å². The van der Waals surface area contributed by atoms with Crippen LogP contribution in [-0.4, -0.2) is 29.6 Å². The van der Waals surface area contributed by atoms with Crippen LogP contribution >= 0.6 is 0 Å². The number of H-pyrrole nitrogens is 1. The fourth-order valence-electron chi connectivity index (χ4n) is 3.27. The number of furan rings is 1. The number of pyridine rings is 1. The van der Waals surface area contributed by atoms with Crippen molar-refractivity contribution in [2.45, 2.75) is 26.1 Å². The highest BCUT2D eigenvalue weighted by Crippen LogP contribution is 2.32. The van der Waals surface area contributed by atoms with Crippen molar-refractivity contribution in [1.29, 1.82) is 0 Å². The molecule has 0 fully saturated rings. The first-order valence-electron chi connectivity index (χ1n) is 9.64. The maximum absolute atomic E-state index is 12.5. The molecule has 1 aliphatic heterocycles. The Morgan fingerprint density at radius 2 is 2.03 bits per heavy atom. The predicted octanol–water partition coefficient (Wildman–Crippen LogP) is 2.82. The lowest BCUT2D eigenvalue weighted by Crippen LogP contribution is -2.30. The summed E-state index contributed by atoms with van der Waals surface area (Å²) in [6, 6.07) is 12.6. The lowest BCUT2D eigenvalue weighted by atomic mass is 10.1. The van der Waals surface area contributed by atoms with Crippen LogP contribution in [0.2, 0.25) is 0 Å². The van der Waals surface area contributed by atoms with Crippen LogP contribution in [0.3, 0.4) is 0 Å². The number of hydrogen-bond acceptors (Lipinski definition) is 6. The third kappa shape index (κ3) is 4.23. The summed E-state index contributed by atoms with van der Waals surface area (Å²) in [5.74, 6) is 1.75. The van der Waals surface area contributed by atoms with Gasteiger partial charge in [0.05, 0.1) is 12.3 Å². The van der Waals surface area contributed by atoms with Gasteiger partial charge >= 0.3 is 0 Å². The van der Waals surface area contributed by atoms with E-state index in [1.807, 2.05) is 43.1 Å². The molecule has 8 heteroatoms. The zero-order chi connectivity index (χ0) is 21.1. The largest absolute Gasteiger partial charge is 0.468 e. The van der Waals surface area contributed by atoms with Gasteiger partial charge in [0, 0.05) is 18.8 Å². The predicted molar refractivity (Wildman–Crippen MR) is 109 cm³/mol. The van der Waals surface area contributed by atoms with Crippen LogP contribution in [0.5, 0.6) is 11.5 Å². The topological polar surface area (TPSA) is 96.8 Å². The third-order valence-electron chi connectivity index (χ3n) is 5.14. The molecule has 2 aromatic heterocycles. The van der Waals surface area contributed by atoms with Gasteiger partial charge in [-0.1, -0.05) is 6.07 Å². The number of amides is 1.